The lowest BCUT2D eigenvalue weighted by molar-refractivity contribution is -0.139. The van der Waals surface area contributed by atoms with Gasteiger partial charge in [-0.05, 0) is 53.9 Å². The summed E-state index contributed by atoms with van der Waals surface area (Å²) in [5.41, 5.74) is 1.77. The minimum Gasteiger partial charge on any atom is -0.507 e. The van der Waals surface area contributed by atoms with E-state index in [2.05, 4.69) is 0 Å². The minimum absolute atomic E-state index is 0.0584. The summed E-state index contributed by atoms with van der Waals surface area (Å²) in [5, 5.41) is 11.1. The first-order valence-corrected chi connectivity index (χ1v) is 10.7. The van der Waals surface area contributed by atoms with Crippen molar-refractivity contribution in [3.8, 4) is 11.5 Å². The zero-order chi connectivity index (χ0) is 24.2. The Bertz CT molecular complexity index is 1240. The number of benzene rings is 3. The van der Waals surface area contributed by atoms with Crippen LogP contribution in [-0.2, 0) is 16.0 Å². The van der Waals surface area contributed by atoms with Gasteiger partial charge < -0.3 is 19.5 Å². The molecule has 7 heteroatoms. The van der Waals surface area contributed by atoms with Crippen molar-refractivity contribution in [1.82, 2.24) is 4.90 Å². The maximum Gasteiger partial charge on any atom is 0.295 e. The number of likely N-dealkylation sites (tertiary alicyclic amines) is 1. The van der Waals surface area contributed by atoms with Gasteiger partial charge >= 0.3 is 0 Å². The molecule has 6 nitrogen and oxygen atoms in total. The number of amides is 1. The van der Waals surface area contributed by atoms with E-state index in [1.165, 1.54) is 43.4 Å². The zero-order valence-corrected chi connectivity index (χ0v) is 18.8. The van der Waals surface area contributed by atoms with Crippen LogP contribution in [0.1, 0.15) is 22.7 Å². The molecular formula is C27H24FNO5. The van der Waals surface area contributed by atoms with Crippen LogP contribution in [0, 0.1) is 5.82 Å². The van der Waals surface area contributed by atoms with Crippen LogP contribution in [0.15, 0.2) is 78.4 Å². The Morgan fingerprint density at radius 1 is 0.941 bits per heavy atom. The lowest BCUT2D eigenvalue weighted by Crippen LogP contribution is -2.31. The number of halogens is 1. The summed E-state index contributed by atoms with van der Waals surface area (Å²) in [6, 6.07) is 19.0. The highest BCUT2D eigenvalue weighted by Gasteiger charge is 2.46. The van der Waals surface area contributed by atoms with E-state index in [4.69, 9.17) is 9.47 Å². The van der Waals surface area contributed by atoms with Crippen LogP contribution in [0.3, 0.4) is 0 Å². The van der Waals surface area contributed by atoms with Gasteiger partial charge in [-0.15, -0.1) is 0 Å². The normalized spacial score (nSPS) is 17.1. The standard InChI is InChI=1S/C27H24FNO5/c1-33-21-13-10-19(16-22(21)34-2)24-23(25(30)18-8-11-20(28)12-9-18)26(31)27(32)29(24)15-14-17-6-4-3-5-7-17/h3-13,16,24,30H,14-15H2,1-2H3/b25-23+. The van der Waals surface area contributed by atoms with Crippen LogP contribution in [0.25, 0.3) is 5.76 Å². The lowest BCUT2D eigenvalue weighted by atomic mass is 9.94. The molecule has 4 rings (SSSR count). The van der Waals surface area contributed by atoms with Gasteiger partial charge in [-0.25, -0.2) is 4.39 Å². The summed E-state index contributed by atoms with van der Waals surface area (Å²) >= 11 is 0. The Kier molecular flexibility index (Phi) is 6.63. The van der Waals surface area contributed by atoms with Gasteiger partial charge in [0.25, 0.3) is 11.7 Å². The number of rotatable bonds is 7. The van der Waals surface area contributed by atoms with Gasteiger partial charge in [0, 0.05) is 12.1 Å². The molecule has 174 valence electrons. The van der Waals surface area contributed by atoms with Crippen molar-refractivity contribution < 1.29 is 28.6 Å². The summed E-state index contributed by atoms with van der Waals surface area (Å²) in [6.07, 6.45) is 0.522. The van der Waals surface area contributed by atoms with Gasteiger partial charge in [0.2, 0.25) is 0 Å². The number of carbonyl (C=O) groups is 2. The molecule has 0 aliphatic carbocycles. The number of hydrogen-bond donors (Lipinski definition) is 1. The van der Waals surface area contributed by atoms with E-state index in [9.17, 15) is 19.1 Å². The number of aliphatic hydroxyl groups is 1. The lowest BCUT2D eigenvalue weighted by Gasteiger charge is -2.26. The fourth-order valence-corrected chi connectivity index (χ4v) is 4.14. The molecule has 1 heterocycles. The van der Waals surface area contributed by atoms with Crippen LogP contribution < -0.4 is 9.47 Å². The maximum absolute atomic E-state index is 13.4. The fourth-order valence-electron chi connectivity index (χ4n) is 4.14. The maximum atomic E-state index is 13.4. The molecule has 1 fully saturated rings. The number of nitrogens with zero attached hydrogens (tertiary/aromatic N) is 1. The average Bonchev–Trinajstić information content (AvgIpc) is 3.12. The molecule has 0 saturated carbocycles. The van der Waals surface area contributed by atoms with Gasteiger partial charge in [0.05, 0.1) is 25.8 Å². The second-order valence-electron chi connectivity index (χ2n) is 7.85. The van der Waals surface area contributed by atoms with Gasteiger partial charge in [0.1, 0.15) is 11.6 Å². The number of Topliss-reactive ketones (excluding diaryl/α,β-unsaturated/α-hetero) is 1. The Hall–Kier alpha value is -4.13. The summed E-state index contributed by atoms with van der Waals surface area (Å²) in [4.78, 5) is 27.7. The van der Waals surface area contributed by atoms with Gasteiger partial charge in [-0.3, -0.25) is 9.59 Å². The molecule has 1 unspecified atom stereocenters. The number of ether oxygens (including phenoxy) is 2. The van der Waals surface area contributed by atoms with E-state index < -0.39 is 23.5 Å². The molecule has 1 aliphatic heterocycles. The number of carbonyl (C=O) groups excluding carboxylic acids is 2. The second kappa shape index (κ2) is 9.79. The third-order valence-electron chi connectivity index (χ3n) is 5.87. The van der Waals surface area contributed by atoms with E-state index >= 15 is 0 Å². The first kappa shape index (κ1) is 23.0. The highest BCUT2D eigenvalue weighted by molar-refractivity contribution is 6.46. The van der Waals surface area contributed by atoms with Crippen LogP contribution in [0.4, 0.5) is 4.39 Å². The van der Waals surface area contributed by atoms with Crippen molar-refractivity contribution in [1.29, 1.82) is 0 Å². The molecule has 1 amide bonds. The number of methoxy groups -OCH3 is 2. The van der Waals surface area contributed by atoms with Crippen LogP contribution in [0.5, 0.6) is 11.5 Å². The van der Waals surface area contributed by atoms with Crippen molar-refractivity contribution in [2.75, 3.05) is 20.8 Å². The molecule has 0 spiro atoms. The Balaban J connectivity index is 1.82. The smallest absolute Gasteiger partial charge is 0.295 e. The van der Waals surface area contributed by atoms with Crippen LogP contribution in [0.2, 0.25) is 0 Å². The number of ketones is 1. The summed E-state index contributed by atoms with van der Waals surface area (Å²) in [5.74, 6) is -1.42. The van der Waals surface area contributed by atoms with Crippen LogP contribution >= 0.6 is 0 Å². The molecule has 0 radical (unpaired) electrons. The third kappa shape index (κ3) is 4.37. The van der Waals surface area contributed by atoms with Crippen LogP contribution in [-0.4, -0.2) is 42.5 Å². The highest BCUT2D eigenvalue weighted by Crippen LogP contribution is 2.42. The largest absolute Gasteiger partial charge is 0.507 e. The molecule has 1 atom stereocenters. The third-order valence-corrected chi connectivity index (χ3v) is 5.87. The molecule has 0 aromatic heterocycles. The minimum atomic E-state index is -0.853. The van der Waals surface area contributed by atoms with E-state index in [0.29, 0.717) is 23.5 Å². The Morgan fingerprint density at radius 2 is 1.62 bits per heavy atom. The number of hydrogen-bond acceptors (Lipinski definition) is 5. The predicted octanol–water partition coefficient (Wildman–Crippen LogP) is 4.51. The van der Waals surface area contributed by atoms with Gasteiger partial charge in [0.15, 0.2) is 11.5 Å². The average molecular weight is 461 g/mol. The monoisotopic (exact) mass is 461 g/mol. The van der Waals surface area contributed by atoms with E-state index in [0.717, 1.165) is 5.56 Å². The molecular weight excluding hydrogens is 437 g/mol. The number of aliphatic hydroxyl groups excluding tert-OH is 1. The summed E-state index contributed by atoms with van der Waals surface area (Å²) in [6.45, 7) is 0.258. The van der Waals surface area contributed by atoms with Gasteiger partial charge in [-0.1, -0.05) is 36.4 Å². The molecule has 3 aromatic rings. The first-order valence-electron chi connectivity index (χ1n) is 10.7. The molecule has 1 N–H and O–H groups in total. The Labute approximate surface area is 196 Å². The topological polar surface area (TPSA) is 76.1 Å². The fraction of sp³-hybridized carbons (Fsp3) is 0.185. The predicted molar refractivity (Wildman–Crippen MR) is 125 cm³/mol. The molecule has 3 aromatic carbocycles. The molecule has 34 heavy (non-hydrogen) atoms. The molecule has 1 saturated heterocycles. The van der Waals surface area contributed by atoms with Gasteiger partial charge in [-0.2, -0.15) is 0 Å². The van der Waals surface area contributed by atoms with E-state index in [-0.39, 0.29) is 23.4 Å². The van der Waals surface area contributed by atoms with E-state index in [1.54, 1.807) is 18.2 Å². The summed E-state index contributed by atoms with van der Waals surface area (Å²) in [7, 11) is 3.00. The van der Waals surface area contributed by atoms with Crippen molar-refractivity contribution in [3.63, 3.8) is 0 Å². The van der Waals surface area contributed by atoms with Crippen molar-refractivity contribution >= 4 is 17.4 Å². The molecule has 1 aliphatic rings. The Morgan fingerprint density at radius 3 is 2.26 bits per heavy atom. The van der Waals surface area contributed by atoms with Crippen molar-refractivity contribution in [2.45, 2.75) is 12.5 Å². The quantitative estimate of drug-likeness (QED) is 0.318. The van der Waals surface area contributed by atoms with Crippen molar-refractivity contribution in [2.24, 2.45) is 0 Å². The summed E-state index contributed by atoms with van der Waals surface area (Å²) < 4.78 is 24.2. The van der Waals surface area contributed by atoms with Crippen molar-refractivity contribution in [3.05, 3.63) is 101 Å². The highest BCUT2D eigenvalue weighted by atomic mass is 19.1. The zero-order valence-electron chi connectivity index (χ0n) is 18.8. The SMILES string of the molecule is COc1ccc(C2/C(=C(\O)c3ccc(F)cc3)C(=O)C(=O)N2CCc2ccccc2)cc1OC. The second-order valence-corrected chi connectivity index (χ2v) is 7.85. The first-order chi connectivity index (χ1) is 16.4. The van der Waals surface area contributed by atoms with E-state index in [1.807, 2.05) is 30.3 Å². The molecule has 0 bridgehead atoms.